The van der Waals surface area contributed by atoms with Gasteiger partial charge in [-0.2, -0.15) is 0 Å². The maximum absolute atomic E-state index is 4.63. The van der Waals surface area contributed by atoms with Crippen molar-refractivity contribution in [1.82, 2.24) is 9.55 Å². The normalized spacial score (nSPS) is 11.7. The van der Waals surface area contributed by atoms with Crippen LogP contribution in [0.4, 0.5) is 11.6 Å². The van der Waals surface area contributed by atoms with E-state index in [-0.39, 0.29) is 0 Å². The number of hydrogen-bond acceptors (Lipinski definition) is 3. The van der Waals surface area contributed by atoms with E-state index in [4.69, 9.17) is 0 Å². The molecule has 0 spiro atoms. The van der Waals surface area contributed by atoms with Crippen LogP contribution in [0.2, 0.25) is 0 Å². The number of benzene rings is 4. The number of aromatic nitrogens is 2. The molecule has 5 rings (SSSR count). The van der Waals surface area contributed by atoms with Crippen LogP contribution < -0.4 is 0 Å². The van der Waals surface area contributed by atoms with E-state index in [2.05, 4.69) is 112 Å². The number of nitrogens with zero attached hydrogens (tertiary/aromatic N) is 4. The lowest BCUT2D eigenvalue weighted by Gasteiger charge is -2.37. The molecule has 0 bridgehead atoms. The number of rotatable bonds is 8. The Morgan fingerprint density at radius 3 is 1.66 bits per heavy atom. The topological polar surface area (TPSA) is 42.5 Å². The molecule has 4 aromatic carbocycles. The van der Waals surface area contributed by atoms with Crippen LogP contribution in [0.3, 0.4) is 0 Å². The van der Waals surface area contributed by atoms with E-state index in [1.54, 1.807) is 6.20 Å². The van der Waals surface area contributed by atoms with Crippen molar-refractivity contribution in [2.24, 2.45) is 10.2 Å². The molecule has 0 atom stereocenters. The summed E-state index contributed by atoms with van der Waals surface area (Å²) in [7, 11) is 0. The third-order valence-corrected chi connectivity index (χ3v) is 6.29. The maximum Gasteiger partial charge on any atom is 0.250 e. The molecule has 1 aromatic heterocycles. The van der Waals surface area contributed by atoms with Crippen molar-refractivity contribution < 1.29 is 0 Å². The van der Waals surface area contributed by atoms with Crippen LogP contribution in [-0.4, -0.2) is 9.55 Å². The number of azo groups is 1. The maximum atomic E-state index is 4.63. The molecular weight excluding hydrogens is 428 g/mol. The first-order chi connectivity index (χ1) is 17.3. The molecule has 0 aliphatic heterocycles. The van der Waals surface area contributed by atoms with E-state index >= 15 is 0 Å². The molecule has 0 amide bonds. The smallest absolute Gasteiger partial charge is 0.250 e. The highest BCUT2D eigenvalue weighted by Crippen LogP contribution is 2.43. The first kappa shape index (κ1) is 22.5. The average molecular weight is 457 g/mol. The fourth-order valence-corrected chi connectivity index (χ4v) is 4.71. The van der Waals surface area contributed by atoms with Crippen LogP contribution in [-0.2, 0) is 12.0 Å². The quantitative estimate of drug-likeness (QED) is 0.172. The fourth-order valence-electron chi connectivity index (χ4n) is 4.71. The van der Waals surface area contributed by atoms with Crippen LogP contribution in [0, 0.1) is 0 Å². The Morgan fingerprint density at radius 1 is 0.657 bits per heavy atom. The van der Waals surface area contributed by atoms with Gasteiger partial charge in [0, 0.05) is 12.4 Å². The minimum Gasteiger partial charge on any atom is -0.296 e. The van der Waals surface area contributed by atoms with Crippen LogP contribution in [0.25, 0.3) is 0 Å². The molecule has 35 heavy (non-hydrogen) atoms. The van der Waals surface area contributed by atoms with E-state index in [0.717, 1.165) is 35.2 Å². The highest BCUT2D eigenvalue weighted by molar-refractivity contribution is 5.52. The summed E-state index contributed by atoms with van der Waals surface area (Å²) in [5.41, 5.74) is 4.82. The lowest BCUT2D eigenvalue weighted by molar-refractivity contribution is 0.517. The van der Waals surface area contributed by atoms with Gasteiger partial charge in [0.2, 0.25) is 0 Å². The van der Waals surface area contributed by atoms with Crippen molar-refractivity contribution in [1.29, 1.82) is 0 Å². The van der Waals surface area contributed by atoms with Crippen molar-refractivity contribution >= 4 is 11.6 Å². The van der Waals surface area contributed by atoms with Gasteiger partial charge < -0.3 is 0 Å². The Labute approximate surface area is 206 Å². The van der Waals surface area contributed by atoms with Gasteiger partial charge in [0.25, 0.3) is 5.95 Å². The van der Waals surface area contributed by atoms with E-state index in [0.29, 0.717) is 5.95 Å². The second-order valence-corrected chi connectivity index (χ2v) is 8.52. The largest absolute Gasteiger partial charge is 0.296 e. The van der Waals surface area contributed by atoms with Crippen LogP contribution >= 0.6 is 0 Å². The minimum atomic E-state index is -0.667. The van der Waals surface area contributed by atoms with Gasteiger partial charge in [-0.05, 0) is 40.8 Å². The summed E-state index contributed by atoms with van der Waals surface area (Å²) in [5.74, 6) is 0.541. The first-order valence-corrected chi connectivity index (χ1v) is 12.0. The van der Waals surface area contributed by atoms with Gasteiger partial charge in [-0.3, -0.25) is 4.57 Å². The molecule has 0 saturated carbocycles. The number of hydrogen-bond donors (Lipinski definition) is 0. The van der Waals surface area contributed by atoms with Crippen molar-refractivity contribution in [3.8, 4) is 0 Å². The number of imidazole rings is 1. The van der Waals surface area contributed by atoms with Crippen LogP contribution in [0.5, 0.6) is 0 Å². The molecule has 0 aliphatic carbocycles. The first-order valence-electron chi connectivity index (χ1n) is 12.0. The van der Waals surface area contributed by atoms with Crippen molar-refractivity contribution in [3.63, 3.8) is 0 Å². The predicted octanol–water partition coefficient (Wildman–Crippen LogP) is 8.09. The highest BCUT2D eigenvalue weighted by atomic mass is 15.3. The van der Waals surface area contributed by atoms with Gasteiger partial charge in [0.1, 0.15) is 5.54 Å². The van der Waals surface area contributed by atoms with Crippen molar-refractivity contribution in [3.05, 3.63) is 150 Å². The zero-order valence-corrected chi connectivity index (χ0v) is 19.8. The SMILES string of the molecule is CCCc1ccc(N=Nc2nccn2C(c2ccccc2)(c2ccccc2)c2ccccc2)cc1. The molecule has 5 aromatic rings. The summed E-state index contributed by atoms with van der Waals surface area (Å²) in [5, 5.41) is 9.18. The second kappa shape index (κ2) is 10.3. The zero-order valence-electron chi connectivity index (χ0n) is 19.8. The third-order valence-electron chi connectivity index (χ3n) is 6.29. The number of aryl methyl sites for hydroxylation is 1. The second-order valence-electron chi connectivity index (χ2n) is 8.52. The van der Waals surface area contributed by atoms with E-state index in [1.165, 1.54) is 5.56 Å². The molecule has 4 heteroatoms. The Morgan fingerprint density at radius 2 is 1.17 bits per heavy atom. The lowest BCUT2D eigenvalue weighted by atomic mass is 9.76. The van der Waals surface area contributed by atoms with Gasteiger partial charge in [0.15, 0.2) is 0 Å². The summed E-state index contributed by atoms with van der Waals surface area (Å²) >= 11 is 0. The molecule has 4 nitrogen and oxygen atoms in total. The third kappa shape index (κ3) is 4.43. The van der Waals surface area contributed by atoms with E-state index in [1.807, 2.05) is 36.5 Å². The Hall–Kier alpha value is -4.31. The standard InChI is InChI=1S/C31H28N4/c1-2-12-25-19-21-29(22-20-25)33-34-30-32-23-24-35(30)31(26-13-6-3-7-14-26,27-15-8-4-9-16-27)28-17-10-5-11-18-28/h3-11,13-24H,2,12H2,1H3. The van der Waals surface area contributed by atoms with Gasteiger partial charge in [-0.15, -0.1) is 10.2 Å². The van der Waals surface area contributed by atoms with Crippen molar-refractivity contribution in [2.45, 2.75) is 25.3 Å². The summed E-state index contributed by atoms with van der Waals surface area (Å²) in [6, 6.07) is 39.8. The Balaban J connectivity index is 1.69. The Kier molecular flexibility index (Phi) is 6.62. The molecule has 0 saturated heterocycles. The highest BCUT2D eigenvalue weighted by Gasteiger charge is 2.39. The molecular formula is C31H28N4. The van der Waals surface area contributed by atoms with Crippen LogP contribution in [0.15, 0.2) is 138 Å². The van der Waals surface area contributed by atoms with Gasteiger partial charge >= 0.3 is 0 Å². The molecule has 172 valence electrons. The zero-order chi connectivity index (χ0) is 23.9. The molecule has 0 radical (unpaired) electrons. The molecule has 0 unspecified atom stereocenters. The summed E-state index contributed by atoms with van der Waals surface area (Å²) in [6.07, 6.45) is 5.97. The molecule has 0 fully saturated rings. The van der Waals surface area contributed by atoms with Gasteiger partial charge in [0.05, 0.1) is 5.69 Å². The van der Waals surface area contributed by atoms with E-state index in [9.17, 15) is 0 Å². The minimum absolute atomic E-state index is 0.541. The van der Waals surface area contributed by atoms with E-state index < -0.39 is 5.54 Å². The molecule has 1 heterocycles. The fraction of sp³-hybridized carbons (Fsp3) is 0.129. The monoisotopic (exact) mass is 456 g/mol. The summed E-state index contributed by atoms with van der Waals surface area (Å²) in [4.78, 5) is 4.62. The van der Waals surface area contributed by atoms with Crippen LogP contribution in [0.1, 0.15) is 35.6 Å². The van der Waals surface area contributed by atoms with Gasteiger partial charge in [-0.1, -0.05) is 116 Å². The molecule has 0 aliphatic rings. The average Bonchev–Trinajstić information content (AvgIpc) is 3.40. The lowest BCUT2D eigenvalue weighted by Crippen LogP contribution is -2.37. The molecule has 0 N–H and O–H groups in total. The van der Waals surface area contributed by atoms with Crippen molar-refractivity contribution in [2.75, 3.05) is 0 Å². The van der Waals surface area contributed by atoms with Gasteiger partial charge in [-0.25, -0.2) is 4.98 Å². The Bertz CT molecular complexity index is 1280. The summed E-state index contributed by atoms with van der Waals surface area (Å²) in [6.45, 7) is 2.19. The summed E-state index contributed by atoms with van der Waals surface area (Å²) < 4.78 is 2.13. The predicted molar refractivity (Wildman–Crippen MR) is 141 cm³/mol.